The van der Waals surface area contributed by atoms with Crippen LogP contribution in [-0.4, -0.2) is 40.7 Å². The van der Waals surface area contributed by atoms with Crippen LogP contribution >= 0.6 is 0 Å². The number of amides is 1. The number of pyridine rings is 1. The molecule has 2 aliphatic rings. The van der Waals surface area contributed by atoms with Crippen molar-refractivity contribution >= 4 is 29.1 Å². The first kappa shape index (κ1) is 24.8. The number of unbranched alkanes of at least 4 members (excludes halogenated alkanes) is 1. The van der Waals surface area contributed by atoms with E-state index in [0.717, 1.165) is 37.3 Å². The average Bonchev–Trinajstić information content (AvgIpc) is 2.85. The third-order valence-electron chi connectivity index (χ3n) is 6.82. The summed E-state index contributed by atoms with van der Waals surface area (Å²) >= 11 is 0. The second-order valence-electron chi connectivity index (χ2n) is 9.60. The van der Waals surface area contributed by atoms with Crippen LogP contribution in [0.25, 0.3) is 0 Å². The van der Waals surface area contributed by atoms with Gasteiger partial charge < -0.3 is 25.8 Å². The van der Waals surface area contributed by atoms with Crippen molar-refractivity contribution in [1.82, 2.24) is 4.98 Å². The maximum atomic E-state index is 12.5. The molecule has 4 rings (SSSR count). The first-order chi connectivity index (χ1) is 17.1. The molecule has 2 heterocycles. The Balaban J connectivity index is 1.28. The van der Waals surface area contributed by atoms with Gasteiger partial charge in [-0.15, -0.1) is 0 Å². The highest BCUT2D eigenvalue weighted by atomic mass is 16.5. The molecule has 8 heteroatoms. The Bertz CT molecular complexity index is 978. The number of hydrogen-bond acceptors (Lipinski definition) is 6. The number of benzene rings is 1. The Morgan fingerprint density at radius 2 is 1.97 bits per heavy atom. The van der Waals surface area contributed by atoms with E-state index in [-0.39, 0.29) is 18.4 Å². The van der Waals surface area contributed by atoms with Gasteiger partial charge in [-0.05, 0) is 55.5 Å². The van der Waals surface area contributed by atoms with Gasteiger partial charge in [0.25, 0.3) is 0 Å². The van der Waals surface area contributed by atoms with Crippen LogP contribution in [0, 0.1) is 5.92 Å². The van der Waals surface area contributed by atoms with Gasteiger partial charge in [0, 0.05) is 24.8 Å². The highest BCUT2D eigenvalue weighted by Crippen LogP contribution is 2.38. The SMILES string of the molecule is O=C(O)CC1Oc2ccc(NC(=O)CCCCNc3ccccn3)cc2NC1CC1CCCCC1. The zero-order valence-electron chi connectivity index (χ0n) is 20.2. The van der Waals surface area contributed by atoms with Gasteiger partial charge in [0.15, 0.2) is 0 Å². The molecule has 1 aliphatic carbocycles. The van der Waals surface area contributed by atoms with E-state index in [1.165, 1.54) is 32.1 Å². The fourth-order valence-electron chi connectivity index (χ4n) is 5.03. The lowest BCUT2D eigenvalue weighted by Gasteiger charge is -2.37. The van der Waals surface area contributed by atoms with E-state index < -0.39 is 12.1 Å². The maximum Gasteiger partial charge on any atom is 0.307 e. The van der Waals surface area contributed by atoms with Crippen LogP contribution in [0.3, 0.4) is 0 Å². The summed E-state index contributed by atoms with van der Waals surface area (Å²) in [5.74, 6) is 1.19. The Morgan fingerprint density at radius 1 is 1.11 bits per heavy atom. The molecule has 2 unspecified atom stereocenters. The summed E-state index contributed by atoms with van der Waals surface area (Å²) in [5, 5.41) is 19.1. The summed E-state index contributed by atoms with van der Waals surface area (Å²) in [6.45, 7) is 0.768. The van der Waals surface area contributed by atoms with Crippen molar-refractivity contribution in [1.29, 1.82) is 0 Å². The number of carboxylic acids is 1. The minimum Gasteiger partial charge on any atom is -0.486 e. The number of carbonyl (C=O) groups excluding carboxylic acids is 1. The van der Waals surface area contributed by atoms with E-state index in [1.54, 1.807) is 18.3 Å². The number of fused-ring (bicyclic) bond motifs is 1. The number of carbonyl (C=O) groups is 2. The summed E-state index contributed by atoms with van der Waals surface area (Å²) < 4.78 is 6.12. The third kappa shape index (κ3) is 7.60. The molecule has 1 aromatic carbocycles. The van der Waals surface area contributed by atoms with Gasteiger partial charge in [-0.3, -0.25) is 9.59 Å². The minimum absolute atomic E-state index is 0.0259. The predicted octanol–water partition coefficient (Wildman–Crippen LogP) is 5.29. The van der Waals surface area contributed by atoms with Crippen molar-refractivity contribution in [3.05, 3.63) is 42.6 Å². The molecule has 8 nitrogen and oxygen atoms in total. The number of hydrogen-bond donors (Lipinski definition) is 4. The Kier molecular flexibility index (Phi) is 8.81. The molecule has 0 spiro atoms. The quantitative estimate of drug-likeness (QED) is 0.323. The number of rotatable bonds is 11. The van der Waals surface area contributed by atoms with Crippen molar-refractivity contribution in [3.63, 3.8) is 0 Å². The number of anilines is 3. The van der Waals surface area contributed by atoms with E-state index in [2.05, 4.69) is 20.9 Å². The van der Waals surface area contributed by atoms with E-state index >= 15 is 0 Å². The smallest absolute Gasteiger partial charge is 0.307 e. The standard InChI is InChI=1S/C27H36N4O4/c32-26(11-5-7-15-29-25-10-4-6-14-28-25)30-20-12-13-23-22(17-20)31-21(24(35-23)18-27(33)34)16-19-8-2-1-3-9-19/h4,6,10,12-14,17,19,21,24,31H,1-3,5,7-9,11,15-16,18H2,(H,28,29)(H,30,32)(H,33,34). The van der Waals surface area contributed by atoms with Gasteiger partial charge in [-0.2, -0.15) is 0 Å². The molecule has 2 aromatic rings. The summed E-state index contributed by atoms with van der Waals surface area (Å²) in [6.07, 6.45) is 10.5. The molecule has 35 heavy (non-hydrogen) atoms. The van der Waals surface area contributed by atoms with Crippen molar-refractivity contribution in [2.45, 2.75) is 76.4 Å². The summed E-state index contributed by atoms with van der Waals surface area (Å²) in [4.78, 5) is 28.1. The molecule has 0 saturated heterocycles. The number of ether oxygens (including phenoxy) is 1. The topological polar surface area (TPSA) is 113 Å². The number of nitrogens with zero attached hydrogens (tertiary/aromatic N) is 1. The summed E-state index contributed by atoms with van der Waals surface area (Å²) in [6, 6.07) is 11.2. The number of aliphatic carboxylic acids is 1. The van der Waals surface area contributed by atoms with Gasteiger partial charge in [-0.25, -0.2) is 4.98 Å². The molecule has 4 N–H and O–H groups in total. The highest BCUT2D eigenvalue weighted by molar-refractivity contribution is 5.91. The van der Waals surface area contributed by atoms with Crippen LogP contribution in [0.4, 0.5) is 17.2 Å². The summed E-state index contributed by atoms with van der Waals surface area (Å²) in [5.41, 5.74) is 1.52. The van der Waals surface area contributed by atoms with Gasteiger partial charge in [0.2, 0.25) is 5.91 Å². The third-order valence-corrected chi connectivity index (χ3v) is 6.82. The summed E-state index contributed by atoms with van der Waals surface area (Å²) in [7, 11) is 0. The van der Waals surface area contributed by atoms with Crippen LogP contribution < -0.4 is 20.7 Å². The number of nitrogens with one attached hydrogen (secondary N) is 3. The number of aromatic nitrogens is 1. The first-order valence-electron chi connectivity index (χ1n) is 12.8. The lowest BCUT2D eigenvalue weighted by Crippen LogP contribution is -2.44. The Labute approximate surface area is 206 Å². The van der Waals surface area contributed by atoms with E-state index in [0.29, 0.717) is 23.8 Å². The van der Waals surface area contributed by atoms with Crippen molar-refractivity contribution in [2.75, 3.05) is 22.5 Å². The van der Waals surface area contributed by atoms with Gasteiger partial charge in [-0.1, -0.05) is 38.2 Å². The fraction of sp³-hybridized carbons (Fsp3) is 0.519. The van der Waals surface area contributed by atoms with Crippen molar-refractivity contribution < 1.29 is 19.4 Å². The number of carboxylic acid groups (broad SMARTS) is 1. The minimum atomic E-state index is -0.854. The van der Waals surface area contributed by atoms with Crippen LogP contribution in [0.15, 0.2) is 42.6 Å². The Morgan fingerprint density at radius 3 is 2.74 bits per heavy atom. The van der Waals surface area contributed by atoms with Crippen LogP contribution in [0.2, 0.25) is 0 Å². The Hall–Kier alpha value is -3.29. The normalized spacial score (nSPS) is 19.7. The molecule has 188 valence electrons. The molecule has 1 aromatic heterocycles. The maximum absolute atomic E-state index is 12.5. The lowest BCUT2D eigenvalue weighted by atomic mass is 9.83. The lowest BCUT2D eigenvalue weighted by molar-refractivity contribution is -0.139. The van der Waals surface area contributed by atoms with Crippen LogP contribution in [0.5, 0.6) is 5.75 Å². The van der Waals surface area contributed by atoms with E-state index in [4.69, 9.17) is 4.74 Å². The monoisotopic (exact) mass is 480 g/mol. The second kappa shape index (κ2) is 12.4. The van der Waals surface area contributed by atoms with Gasteiger partial charge >= 0.3 is 5.97 Å². The van der Waals surface area contributed by atoms with Crippen molar-refractivity contribution in [3.8, 4) is 5.75 Å². The molecule has 1 saturated carbocycles. The molecule has 1 fully saturated rings. The highest BCUT2D eigenvalue weighted by Gasteiger charge is 2.33. The molecular formula is C27H36N4O4. The van der Waals surface area contributed by atoms with Crippen LogP contribution in [0.1, 0.15) is 64.2 Å². The molecular weight excluding hydrogens is 444 g/mol. The van der Waals surface area contributed by atoms with Gasteiger partial charge in [0.05, 0.1) is 18.2 Å². The fourth-order valence-corrected chi connectivity index (χ4v) is 5.03. The second-order valence-corrected chi connectivity index (χ2v) is 9.60. The average molecular weight is 481 g/mol. The van der Waals surface area contributed by atoms with E-state index in [9.17, 15) is 14.7 Å². The molecule has 1 amide bonds. The van der Waals surface area contributed by atoms with Crippen molar-refractivity contribution in [2.24, 2.45) is 5.92 Å². The predicted molar refractivity (Wildman–Crippen MR) is 137 cm³/mol. The zero-order valence-corrected chi connectivity index (χ0v) is 20.2. The molecule has 2 atom stereocenters. The molecule has 1 aliphatic heterocycles. The first-order valence-corrected chi connectivity index (χ1v) is 12.8. The molecule has 0 bridgehead atoms. The van der Waals surface area contributed by atoms with Crippen LogP contribution in [-0.2, 0) is 9.59 Å². The largest absolute Gasteiger partial charge is 0.486 e. The zero-order chi connectivity index (χ0) is 24.5. The van der Waals surface area contributed by atoms with Gasteiger partial charge in [0.1, 0.15) is 17.7 Å². The molecule has 0 radical (unpaired) electrons. The van der Waals surface area contributed by atoms with E-state index in [1.807, 2.05) is 24.3 Å².